The molecule has 5 heteroatoms. The number of aliphatic carboxylic acids is 1. The molecule has 2 N–H and O–H groups in total. The van der Waals surface area contributed by atoms with Crippen molar-refractivity contribution in [2.45, 2.75) is 153 Å². The SMILES string of the molecule is O=C(O)[C@@H](c1ccccc1)[C@@H](CCCCCCCCCC=CCCc1cccnc1)NCCCCCCCCCCC=CCCc1cccnc1. The van der Waals surface area contributed by atoms with E-state index in [9.17, 15) is 9.90 Å². The van der Waals surface area contributed by atoms with Crippen LogP contribution in [0.1, 0.15) is 151 Å². The topological polar surface area (TPSA) is 75.1 Å². The summed E-state index contributed by atoms with van der Waals surface area (Å²) in [6, 6.07) is 18.1. The molecule has 2 atom stereocenters. The number of hydrogen-bond acceptors (Lipinski definition) is 4. The van der Waals surface area contributed by atoms with E-state index in [1.807, 2.05) is 67.3 Å². The van der Waals surface area contributed by atoms with Crippen LogP contribution < -0.4 is 5.32 Å². The van der Waals surface area contributed by atoms with E-state index in [1.54, 1.807) is 0 Å². The van der Waals surface area contributed by atoms with E-state index >= 15 is 0 Å². The van der Waals surface area contributed by atoms with Crippen molar-refractivity contribution in [1.82, 2.24) is 15.3 Å². The summed E-state index contributed by atoms with van der Waals surface area (Å²) in [6.45, 7) is 0.895. The van der Waals surface area contributed by atoms with Crippen LogP contribution in [0.2, 0.25) is 0 Å². The minimum absolute atomic E-state index is 0.0285. The van der Waals surface area contributed by atoms with Crippen molar-refractivity contribution in [1.29, 1.82) is 0 Å². The van der Waals surface area contributed by atoms with Crippen molar-refractivity contribution in [3.8, 4) is 0 Å². The predicted octanol–water partition coefficient (Wildman–Crippen LogP) is 12.0. The fraction of sp³-hybridized carbons (Fsp3) is 0.543. The third-order valence-electron chi connectivity index (χ3n) is 9.90. The van der Waals surface area contributed by atoms with Gasteiger partial charge in [-0.05, 0) is 99.6 Å². The van der Waals surface area contributed by atoms with Gasteiger partial charge in [-0.1, -0.05) is 144 Å². The highest BCUT2D eigenvalue weighted by atomic mass is 16.4. The molecule has 2 heterocycles. The number of carboxylic acids is 1. The lowest BCUT2D eigenvalue weighted by atomic mass is 9.88. The number of aromatic nitrogens is 2. The molecule has 0 saturated carbocycles. The van der Waals surface area contributed by atoms with E-state index in [1.165, 1.54) is 107 Å². The Morgan fingerprint density at radius 3 is 1.53 bits per heavy atom. The maximum absolute atomic E-state index is 12.5. The predicted molar refractivity (Wildman–Crippen MR) is 215 cm³/mol. The highest BCUT2D eigenvalue weighted by Crippen LogP contribution is 2.25. The van der Waals surface area contributed by atoms with E-state index in [0.29, 0.717) is 0 Å². The summed E-state index contributed by atoms with van der Waals surface area (Å²) in [5, 5.41) is 13.9. The second kappa shape index (κ2) is 29.1. The highest BCUT2D eigenvalue weighted by Gasteiger charge is 2.29. The summed E-state index contributed by atoms with van der Waals surface area (Å²) in [5.74, 6) is -1.22. The molecule has 0 saturated heterocycles. The fourth-order valence-corrected chi connectivity index (χ4v) is 6.90. The Hall–Kier alpha value is -3.57. The minimum atomic E-state index is -0.718. The highest BCUT2D eigenvalue weighted by molar-refractivity contribution is 5.77. The fourth-order valence-electron chi connectivity index (χ4n) is 6.90. The van der Waals surface area contributed by atoms with Crippen LogP contribution >= 0.6 is 0 Å². The second-order valence-corrected chi connectivity index (χ2v) is 14.2. The van der Waals surface area contributed by atoms with Crippen molar-refractivity contribution in [3.63, 3.8) is 0 Å². The van der Waals surface area contributed by atoms with Gasteiger partial charge in [0.25, 0.3) is 0 Å². The number of allylic oxidation sites excluding steroid dienone is 4. The lowest BCUT2D eigenvalue weighted by molar-refractivity contribution is -0.139. The first kappa shape index (κ1) is 41.8. The Morgan fingerprint density at radius 1 is 0.569 bits per heavy atom. The molecule has 3 aromatic rings. The Bertz CT molecular complexity index is 1300. The standard InChI is InChI=1S/C46H67N3O2/c50-46(51)45(43-33-23-20-24-34-43)44(35-25-18-14-10-6-3-5-9-13-17-22-30-42-32-28-37-48-40-42)49-38-26-19-15-11-7-2-1-4-8-12-16-21-29-41-31-27-36-47-39-41/h12-13,16-17,20,23-24,27-28,31-34,36-37,39-40,44-45,49H,1-11,14-15,18-19,21-22,25-26,29-30,35,38H2,(H,50,51)/t44-,45+/m1/s1. The van der Waals surface area contributed by atoms with Crippen LogP contribution in [0.25, 0.3) is 0 Å². The van der Waals surface area contributed by atoms with Gasteiger partial charge in [0.1, 0.15) is 0 Å². The summed E-state index contributed by atoms with van der Waals surface area (Å²) in [6.07, 6.45) is 43.2. The van der Waals surface area contributed by atoms with Crippen LogP contribution in [-0.4, -0.2) is 33.6 Å². The third kappa shape index (κ3) is 20.8. The number of nitrogens with one attached hydrogen (secondary N) is 1. The molecule has 51 heavy (non-hydrogen) atoms. The molecular weight excluding hydrogens is 627 g/mol. The van der Waals surface area contributed by atoms with Gasteiger partial charge in [-0.3, -0.25) is 14.8 Å². The number of unbranched alkanes of at least 4 members (excludes halogenated alkanes) is 15. The van der Waals surface area contributed by atoms with Crippen molar-refractivity contribution in [2.24, 2.45) is 0 Å². The average Bonchev–Trinajstić information content (AvgIpc) is 3.16. The second-order valence-electron chi connectivity index (χ2n) is 14.2. The molecule has 5 nitrogen and oxygen atoms in total. The van der Waals surface area contributed by atoms with Gasteiger partial charge in [0, 0.05) is 30.8 Å². The maximum Gasteiger partial charge on any atom is 0.312 e. The molecule has 0 aliphatic heterocycles. The number of benzene rings is 1. The molecule has 2 aromatic heterocycles. The number of nitrogens with zero attached hydrogens (tertiary/aromatic N) is 2. The summed E-state index contributed by atoms with van der Waals surface area (Å²) in [4.78, 5) is 20.8. The summed E-state index contributed by atoms with van der Waals surface area (Å²) in [7, 11) is 0. The minimum Gasteiger partial charge on any atom is -0.481 e. The summed E-state index contributed by atoms with van der Waals surface area (Å²) < 4.78 is 0. The number of hydrogen-bond donors (Lipinski definition) is 2. The monoisotopic (exact) mass is 694 g/mol. The van der Waals surface area contributed by atoms with Crippen molar-refractivity contribution in [2.75, 3.05) is 6.54 Å². The van der Waals surface area contributed by atoms with Gasteiger partial charge in [0.15, 0.2) is 0 Å². The number of aryl methyl sites for hydroxylation is 2. The zero-order valence-corrected chi connectivity index (χ0v) is 31.5. The van der Waals surface area contributed by atoms with Crippen LogP contribution in [0.15, 0.2) is 104 Å². The van der Waals surface area contributed by atoms with Crippen molar-refractivity contribution >= 4 is 5.97 Å². The van der Waals surface area contributed by atoms with Crippen LogP contribution in [0, 0.1) is 0 Å². The van der Waals surface area contributed by atoms with E-state index in [-0.39, 0.29) is 6.04 Å². The first-order valence-corrected chi connectivity index (χ1v) is 20.3. The van der Waals surface area contributed by atoms with Gasteiger partial charge >= 0.3 is 5.97 Å². The molecule has 0 aliphatic carbocycles. The molecule has 1 aromatic carbocycles. The number of pyridine rings is 2. The van der Waals surface area contributed by atoms with E-state index in [4.69, 9.17) is 0 Å². The van der Waals surface area contributed by atoms with E-state index in [0.717, 1.165) is 57.1 Å². The molecule has 278 valence electrons. The van der Waals surface area contributed by atoms with E-state index < -0.39 is 11.9 Å². The first-order valence-electron chi connectivity index (χ1n) is 20.3. The quantitative estimate of drug-likeness (QED) is 0.0518. The lowest BCUT2D eigenvalue weighted by Gasteiger charge is -2.26. The number of rotatable bonds is 31. The third-order valence-corrected chi connectivity index (χ3v) is 9.90. The Kier molecular flexibility index (Phi) is 23.8. The van der Waals surface area contributed by atoms with Crippen LogP contribution in [-0.2, 0) is 17.6 Å². The molecule has 3 rings (SSSR count). The normalized spacial score (nSPS) is 12.9. The summed E-state index contributed by atoms with van der Waals surface area (Å²) >= 11 is 0. The van der Waals surface area contributed by atoms with Gasteiger partial charge in [-0.2, -0.15) is 0 Å². The molecule has 0 unspecified atom stereocenters. The molecule has 0 radical (unpaired) electrons. The Balaban J connectivity index is 1.21. The van der Waals surface area contributed by atoms with Crippen LogP contribution in [0.4, 0.5) is 0 Å². The molecule has 0 aliphatic rings. The molecule has 0 spiro atoms. The first-order chi connectivity index (χ1) is 25.2. The zero-order chi connectivity index (χ0) is 35.9. The Morgan fingerprint density at radius 2 is 1.04 bits per heavy atom. The number of carbonyl (C=O) groups is 1. The van der Waals surface area contributed by atoms with E-state index in [2.05, 4.69) is 51.7 Å². The Labute approximate surface area is 310 Å². The molecule has 0 fully saturated rings. The van der Waals surface area contributed by atoms with Crippen LogP contribution in [0.3, 0.4) is 0 Å². The molecule has 0 amide bonds. The lowest BCUT2D eigenvalue weighted by Crippen LogP contribution is -2.39. The van der Waals surface area contributed by atoms with Crippen LogP contribution in [0.5, 0.6) is 0 Å². The largest absolute Gasteiger partial charge is 0.481 e. The smallest absolute Gasteiger partial charge is 0.312 e. The van der Waals surface area contributed by atoms with Gasteiger partial charge in [-0.25, -0.2) is 0 Å². The average molecular weight is 694 g/mol. The molecule has 0 bridgehead atoms. The van der Waals surface area contributed by atoms with Gasteiger partial charge in [0.05, 0.1) is 5.92 Å². The van der Waals surface area contributed by atoms with Gasteiger partial charge in [0.2, 0.25) is 0 Å². The molecular formula is C46H67N3O2. The number of carboxylic acid groups (broad SMARTS) is 1. The van der Waals surface area contributed by atoms with Crippen molar-refractivity contribution in [3.05, 3.63) is 120 Å². The van der Waals surface area contributed by atoms with Gasteiger partial charge < -0.3 is 10.4 Å². The van der Waals surface area contributed by atoms with Crippen molar-refractivity contribution < 1.29 is 9.90 Å². The maximum atomic E-state index is 12.5. The summed E-state index contributed by atoms with van der Waals surface area (Å²) in [5.41, 5.74) is 3.53. The zero-order valence-electron chi connectivity index (χ0n) is 31.5. The van der Waals surface area contributed by atoms with Gasteiger partial charge in [-0.15, -0.1) is 0 Å².